The van der Waals surface area contributed by atoms with Crippen molar-refractivity contribution in [3.8, 4) is 17.2 Å². The number of hydrogen-bond acceptors (Lipinski definition) is 4. The first kappa shape index (κ1) is 40.8. The molecule has 0 unspecified atom stereocenters. The van der Waals surface area contributed by atoms with Crippen LogP contribution in [0.5, 0.6) is 17.2 Å². The van der Waals surface area contributed by atoms with Gasteiger partial charge in [-0.25, -0.2) is 0 Å². The highest BCUT2D eigenvalue weighted by Crippen LogP contribution is 2.39. The van der Waals surface area contributed by atoms with Crippen LogP contribution in [0, 0.1) is 0 Å². The van der Waals surface area contributed by atoms with Crippen LogP contribution in [0.3, 0.4) is 0 Å². The molecule has 2 N–H and O–H groups in total. The maximum atomic E-state index is 5.69. The summed E-state index contributed by atoms with van der Waals surface area (Å²) in [6.45, 7) is 19.7. The second-order valence-corrected chi connectivity index (χ2v) is 12.3. The minimum atomic E-state index is 0.358. The SMILES string of the molecule is C=CCOc1cc(CN)cc(OCC=C)c1OCC=C.CCCCCCCCCC[N+](C)(C)CCCCCCCCCC. The molecule has 0 atom stereocenters. The zero-order valence-electron chi connectivity index (χ0n) is 28.8. The zero-order valence-corrected chi connectivity index (χ0v) is 28.8. The van der Waals surface area contributed by atoms with E-state index in [-0.39, 0.29) is 0 Å². The Labute approximate surface area is 267 Å². The molecule has 0 aliphatic heterocycles. The highest BCUT2D eigenvalue weighted by Gasteiger charge is 2.15. The maximum absolute atomic E-state index is 5.69. The Morgan fingerprint density at radius 2 is 0.930 bits per heavy atom. The number of quaternary nitrogens is 1. The van der Waals surface area contributed by atoms with Gasteiger partial charge in [0.1, 0.15) is 19.8 Å². The van der Waals surface area contributed by atoms with E-state index >= 15 is 0 Å². The first-order chi connectivity index (χ1) is 20.9. The van der Waals surface area contributed by atoms with E-state index in [0.29, 0.717) is 43.6 Å². The normalized spacial score (nSPS) is 10.9. The second kappa shape index (κ2) is 28.5. The number of nitrogens with two attached hydrogens (primary N) is 1. The lowest BCUT2D eigenvalue weighted by molar-refractivity contribution is -0.890. The highest BCUT2D eigenvalue weighted by molar-refractivity contribution is 5.54. The molecule has 0 spiro atoms. The molecule has 5 heteroatoms. The minimum Gasteiger partial charge on any atom is -0.485 e. The number of benzene rings is 1. The Balaban J connectivity index is 0.000000827. The van der Waals surface area contributed by atoms with E-state index in [0.717, 1.165) is 5.56 Å². The van der Waals surface area contributed by atoms with Crippen molar-refractivity contribution in [1.29, 1.82) is 0 Å². The molecule has 0 aliphatic carbocycles. The van der Waals surface area contributed by atoms with E-state index in [9.17, 15) is 0 Å². The van der Waals surface area contributed by atoms with E-state index < -0.39 is 0 Å². The summed E-state index contributed by atoms with van der Waals surface area (Å²) < 4.78 is 18.1. The van der Waals surface area contributed by atoms with Gasteiger partial charge in [-0.2, -0.15) is 0 Å². The van der Waals surface area contributed by atoms with E-state index in [1.807, 2.05) is 12.1 Å². The van der Waals surface area contributed by atoms with Crippen LogP contribution in [0.4, 0.5) is 0 Å². The van der Waals surface area contributed by atoms with Crippen molar-refractivity contribution in [3.63, 3.8) is 0 Å². The van der Waals surface area contributed by atoms with Crippen LogP contribution in [-0.2, 0) is 6.54 Å². The summed E-state index contributed by atoms with van der Waals surface area (Å²) >= 11 is 0. The maximum Gasteiger partial charge on any atom is 0.203 e. The fourth-order valence-corrected chi connectivity index (χ4v) is 5.00. The molecule has 43 heavy (non-hydrogen) atoms. The summed E-state index contributed by atoms with van der Waals surface area (Å²) in [6.07, 6.45) is 28.0. The molecule has 0 bridgehead atoms. The van der Waals surface area contributed by atoms with Gasteiger partial charge in [-0.1, -0.05) is 129 Å². The molecule has 0 aliphatic rings. The van der Waals surface area contributed by atoms with Gasteiger partial charge in [-0.3, -0.25) is 0 Å². The lowest BCUT2D eigenvalue weighted by Gasteiger charge is -2.30. The van der Waals surface area contributed by atoms with Gasteiger partial charge in [0, 0.05) is 6.54 Å². The monoisotopic (exact) mass is 602 g/mol. The molecule has 248 valence electrons. The van der Waals surface area contributed by atoms with Crippen molar-refractivity contribution >= 4 is 0 Å². The van der Waals surface area contributed by atoms with E-state index in [1.54, 1.807) is 18.2 Å². The van der Waals surface area contributed by atoms with Gasteiger partial charge in [0.05, 0.1) is 27.2 Å². The Morgan fingerprint density at radius 1 is 0.581 bits per heavy atom. The molecule has 0 heterocycles. The summed E-state index contributed by atoms with van der Waals surface area (Å²) in [5.74, 6) is 1.69. The summed E-state index contributed by atoms with van der Waals surface area (Å²) in [5, 5.41) is 0. The molecule has 1 rings (SSSR count). The van der Waals surface area contributed by atoms with Gasteiger partial charge in [0.2, 0.25) is 5.75 Å². The van der Waals surface area contributed by atoms with Crippen LogP contribution >= 0.6 is 0 Å². The first-order valence-corrected chi connectivity index (χ1v) is 17.3. The molecule has 0 radical (unpaired) electrons. The summed E-state index contributed by atoms with van der Waals surface area (Å²) in [7, 11) is 4.87. The van der Waals surface area contributed by atoms with Gasteiger partial charge in [0.25, 0.3) is 0 Å². The van der Waals surface area contributed by atoms with Gasteiger partial charge in [0.15, 0.2) is 11.5 Å². The lowest BCUT2D eigenvalue weighted by Crippen LogP contribution is -2.41. The van der Waals surface area contributed by atoms with Crippen molar-refractivity contribution in [2.75, 3.05) is 47.0 Å². The topological polar surface area (TPSA) is 53.7 Å². The molecule has 1 aromatic carbocycles. The number of nitrogens with zero attached hydrogens (tertiary/aromatic N) is 1. The molecule has 0 saturated carbocycles. The van der Waals surface area contributed by atoms with Gasteiger partial charge < -0.3 is 24.4 Å². The van der Waals surface area contributed by atoms with Crippen LogP contribution in [0.2, 0.25) is 0 Å². The number of unbranched alkanes of at least 4 members (excludes halogenated alkanes) is 14. The molecule has 0 aromatic heterocycles. The Morgan fingerprint density at radius 3 is 1.28 bits per heavy atom. The quantitative estimate of drug-likeness (QED) is 0.0590. The van der Waals surface area contributed by atoms with E-state index in [4.69, 9.17) is 19.9 Å². The predicted molar refractivity (Wildman–Crippen MR) is 188 cm³/mol. The third-order valence-corrected chi connectivity index (χ3v) is 7.61. The zero-order chi connectivity index (χ0) is 32.0. The van der Waals surface area contributed by atoms with Gasteiger partial charge in [-0.15, -0.1) is 0 Å². The second-order valence-electron chi connectivity index (χ2n) is 12.3. The number of ether oxygens (including phenoxy) is 3. The van der Waals surface area contributed by atoms with Crippen molar-refractivity contribution in [2.24, 2.45) is 5.73 Å². The van der Waals surface area contributed by atoms with Crippen LogP contribution in [0.25, 0.3) is 0 Å². The first-order valence-electron chi connectivity index (χ1n) is 17.3. The van der Waals surface area contributed by atoms with Crippen molar-refractivity contribution in [2.45, 2.75) is 123 Å². The summed E-state index contributed by atoms with van der Waals surface area (Å²) in [6, 6.07) is 3.67. The summed E-state index contributed by atoms with van der Waals surface area (Å²) in [4.78, 5) is 0. The largest absolute Gasteiger partial charge is 0.485 e. The van der Waals surface area contributed by atoms with E-state index in [2.05, 4.69) is 47.7 Å². The van der Waals surface area contributed by atoms with E-state index in [1.165, 1.54) is 120 Å². The Kier molecular flexibility index (Phi) is 27.0. The third kappa shape index (κ3) is 22.9. The Hall–Kier alpha value is -2.24. The van der Waals surface area contributed by atoms with Crippen molar-refractivity contribution in [1.82, 2.24) is 0 Å². The van der Waals surface area contributed by atoms with Gasteiger partial charge in [-0.05, 0) is 43.4 Å². The lowest BCUT2D eigenvalue weighted by atomic mass is 10.1. The van der Waals surface area contributed by atoms with Gasteiger partial charge >= 0.3 is 0 Å². The molecule has 0 amide bonds. The molecule has 1 aromatic rings. The third-order valence-electron chi connectivity index (χ3n) is 7.61. The number of hydrogen-bond donors (Lipinski definition) is 1. The minimum absolute atomic E-state index is 0.358. The van der Waals surface area contributed by atoms with Crippen molar-refractivity contribution < 1.29 is 18.7 Å². The highest BCUT2D eigenvalue weighted by atomic mass is 16.5. The summed E-state index contributed by atoms with van der Waals surface area (Å²) in [5.41, 5.74) is 6.58. The van der Waals surface area contributed by atoms with Crippen LogP contribution in [0.1, 0.15) is 122 Å². The molecular formula is C38H69N2O3+. The van der Waals surface area contributed by atoms with Crippen molar-refractivity contribution in [3.05, 3.63) is 55.7 Å². The smallest absolute Gasteiger partial charge is 0.203 e. The molecule has 0 saturated heterocycles. The average molecular weight is 602 g/mol. The standard InChI is InChI=1S/C22H48N.C16H21NO3/c1-5-7-9-11-13-15-17-19-21-23(3,4)22-20-18-16-14-12-10-8-6-2;1-4-7-18-14-10-13(12-17)11-15(19-8-5-2)16(14)20-9-6-3/h5-22H2,1-4H3;4-6,10-11H,1-3,7-9,12,17H2/q+1;. The Bertz CT molecular complexity index is 766. The predicted octanol–water partition coefficient (Wildman–Crippen LogP) is 10.2. The number of rotatable bonds is 28. The molecular weight excluding hydrogens is 532 g/mol. The van der Waals surface area contributed by atoms with Crippen LogP contribution < -0.4 is 19.9 Å². The molecule has 5 nitrogen and oxygen atoms in total. The van der Waals surface area contributed by atoms with Crippen LogP contribution in [-0.4, -0.2) is 51.5 Å². The average Bonchev–Trinajstić information content (AvgIpc) is 3.00. The fraction of sp³-hybridized carbons (Fsp3) is 0.684. The van der Waals surface area contributed by atoms with Crippen LogP contribution in [0.15, 0.2) is 50.1 Å². The molecule has 0 fully saturated rings. The fourth-order valence-electron chi connectivity index (χ4n) is 5.00.